The van der Waals surface area contributed by atoms with Crippen LogP contribution in [0.15, 0.2) is 76.8 Å². The lowest BCUT2D eigenvalue weighted by atomic mass is 9.86. The van der Waals surface area contributed by atoms with Crippen molar-refractivity contribution in [1.29, 1.82) is 0 Å². The first-order valence-electron chi connectivity index (χ1n) is 11.4. The van der Waals surface area contributed by atoms with Gasteiger partial charge in [0.05, 0.1) is 18.9 Å². The van der Waals surface area contributed by atoms with E-state index in [1.165, 1.54) is 5.56 Å². The predicted octanol–water partition coefficient (Wildman–Crippen LogP) is 6.22. The molecule has 0 radical (unpaired) electrons. The molecule has 1 aliphatic rings. The zero-order valence-electron chi connectivity index (χ0n) is 20.0. The van der Waals surface area contributed by atoms with Gasteiger partial charge in [-0.3, -0.25) is 5.43 Å². The molecule has 0 aromatic heterocycles. The molecule has 5 nitrogen and oxygen atoms in total. The average molecular weight is 442 g/mol. The first kappa shape index (κ1) is 22.6. The Balaban J connectivity index is 1.76. The van der Waals surface area contributed by atoms with Crippen LogP contribution in [0.3, 0.4) is 0 Å². The molecular formula is C28H31N3O2. The second-order valence-corrected chi connectivity index (χ2v) is 8.93. The Hall–Kier alpha value is -3.60. The molecule has 0 saturated carbocycles. The Labute approximate surface area is 196 Å². The Bertz CT molecular complexity index is 1170. The van der Waals surface area contributed by atoms with Crippen LogP contribution in [0.4, 0.5) is 5.69 Å². The minimum absolute atomic E-state index is 0.0957. The molecule has 0 saturated heterocycles. The molecule has 1 aliphatic heterocycles. The minimum atomic E-state index is 0.0957. The van der Waals surface area contributed by atoms with E-state index in [0.29, 0.717) is 19.0 Å². The van der Waals surface area contributed by atoms with Gasteiger partial charge in [-0.25, -0.2) is 4.99 Å². The van der Waals surface area contributed by atoms with Gasteiger partial charge in [-0.15, -0.1) is 0 Å². The first-order valence-corrected chi connectivity index (χ1v) is 11.4. The quantitative estimate of drug-likeness (QED) is 0.494. The summed E-state index contributed by atoms with van der Waals surface area (Å²) in [7, 11) is 0. The highest BCUT2D eigenvalue weighted by molar-refractivity contribution is 6.18. The summed E-state index contributed by atoms with van der Waals surface area (Å²) in [6, 6.07) is 22.4. The summed E-state index contributed by atoms with van der Waals surface area (Å²) in [5, 5.41) is 4.78. The summed E-state index contributed by atoms with van der Waals surface area (Å²) >= 11 is 0. The monoisotopic (exact) mass is 441 g/mol. The van der Waals surface area contributed by atoms with Gasteiger partial charge >= 0.3 is 0 Å². The molecule has 3 aromatic rings. The summed E-state index contributed by atoms with van der Waals surface area (Å²) in [5.74, 6) is 2.34. The molecule has 5 heteroatoms. The van der Waals surface area contributed by atoms with Crippen molar-refractivity contribution in [2.45, 2.75) is 40.0 Å². The number of nitrogens with zero attached hydrogens (tertiary/aromatic N) is 2. The molecule has 1 N–H and O–H groups in total. The van der Waals surface area contributed by atoms with Gasteiger partial charge in [-0.05, 0) is 67.3 Å². The molecule has 1 heterocycles. The number of amidine groups is 1. The van der Waals surface area contributed by atoms with Crippen LogP contribution in [0.1, 0.15) is 56.9 Å². The van der Waals surface area contributed by atoms with Crippen LogP contribution in [0, 0.1) is 0 Å². The molecule has 0 atom stereocenters. The molecule has 0 fully saturated rings. The Morgan fingerprint density at radius 3 is 2.00 bits per heavy atom. The van der Waals surface area contributed by atoms with Crippen LogP contribution in [0.2, 0.25) is 0 Å². The van der Waals surface area contributed by atoms with E-state index in [1.54, 1.807) is 0 Å². The second kappa shape index (κ2) is 9.49. The minimum Gasteiger partial charge on any atom is -0.494 e. The Kier molecular flexibility index (Phi) is 6.50. The number of hydrogen-bond acceptors (Lipinski definition) is 5. The van der Waals surface area contributed by atoms with Gasteiger partial charge < -0.3 is 9.47 Å². The summed E-state index contributed by atoms with van der Waals surface area (Å²) < 4.78 is 11.4. The van der Waals surface area contributed by atoms with Crippen LogP contribution in [0.25, 0.3) is 0 Å². The van der Waals surface area contributed by atoms with Gasteiger partial charge in [0.15, 0.2) is 5.84 Å². The number of hydrogen-bond donors (Lipinski definition) is 1. The fourth-order valence-electron chi connectivity index (χ4n) is 3.73. The highest BCUT2D eigenvalue weighted by Gasteiger charge is 2.19. The Morgan fingerprint density at radius 1 is 0.758 bits per heavy atom. The van der Waals surface area contributed by atoms with Crippen LogP contribution >= 0.6 is 0 Å². The molecule has 4 rings (SSSR count). The SMILES string of the molecule is CCOc1ccc(C2=NNC(c3ccc(C(C)(C)C)cc3)=Nc3ccc(OCC)cc32)cc1. The average Bonchev–Trinajstić information content (AvgIpc) is 2.99. The molecule has 33 heavy (non-hydrogen) atoms. The van der Waals surface area contributed by atoms with Gasteiger partial charge in [0.1, 0.15) is 17.2 Å². The third-order valence-corrected chi connectivity index (χ3v) is 5.50. The molecular weight excluding hydrogens is 410 g/mol. The van der Waals surface area contributed by atoms with Crippen LogP contribution in [-0.4, -0.2) is 24.8 Å². The lowest BCUT2D eigenvalue weighted by Gasteiger charge is -2.19. The van der Waals surface area contributed by atoms with E-state index in [2.05, 4.69) is 50.5 Å². The lowest BCUT2D eigenvalue weighted by Crippen LogP contribution is -2.20. The van der Waals surface area contributed by atoms with E-state index in [4.69, 9.17) is 19.6 Å². The normalized spacial score (nSPS) is 13.2. The summed E-state index contributed by atoms with van der Waals surface area (Å²) in [6.45, 7) is 11.8. The van der Waals surface area contributed by atoms with Crippen molar-refractivity contribution < 1.29 is 9.47 Å². The first-order chi connectivity index (χ1) is 15.9. The van der Waals surface area contributed by atoms with Crippen molar-refractivity contribution in [2.24, 2.45) is 10.1 Å². The maximum absolute atomic E-state index is 5.76. The number of ether oxygens (including phenoxy) is 2. The van der Waals surface area contributed by atoms with Crippen molar-refractivity contribution in [3.63, 3.8) is 0 Å². The van der Waals surface area contributed by atoms with E-state index < -0.39 is 0 Å². The van der Waals surface area contributed by atoms with E-state index in [1.807, 2.05) is 56.3 Å². The molecule has 0 spiro atoms. The van der Waals surface area contributed by atoms with Crippen LogP contribution in [0.5, 0.6) is 11.5 Å². The van der Waals surface area contributed by atoms with Crippen molar-refractivity contribution in [3.05, 3.63) is 89.0 Å². The highest BCUT2D eigenvalue weighted by Crippen LogP contribution is 2.30. The lowest BCUT2D eigenvalue weighted by molar-refractivity contribution is 0.340. The zero-order chi connectivity index (χ0) is 23.4. The number of aliphatic imine (C=N–C) groups is 1. The van der Waals surface area contributed by atoms with E-state index in [9.17, 15) is 0 Å². The fourth-order valence-corrected chi connectivity index (χ4v) is 3.73. The topological polar surface area (TPSA) is 55.2 Å². The van der Waals surface area contributed by atoms with E-state index in [-0.39, 0.29) is 5.41 Å². The Morgan fingerprint density at radius 2 is 1.36 bits per heavy atom. The highest BCUT2D eigenvalue weighted by atomic mass is 16.5. The van der Waals surface area contributed by atoms with Gasteiger partial charge in [-0.2, -0.15) is 5.10 Å². The molecule has 0 amide bonds. The number of rotatable bonds is 6. The van der Waals surface area contributed by atoms with Gasteiger partial charge in [0.25, 0.3) is 0 Å². The third kappa shape index (κ3) is 5.08. The number of hydrazone groups is 1. The third-order valence-electron chi connectivity index (χ3n) is 5.50. The number of nitrogens with one attached hydrogen (secondary N) is 1. The van der Waals surface area contributed by atoms with Crippen molar-refractivity contribution >= 4 is 17.2 Å². The van der Waals surface area contributed by atoms with Crippen molar-refractivity contribution in [2.75, 3.05) is 13.2 Å². The molecule has 0 unspecified atom stereocenters. The largest absolute Gasteiger partial charge is 0.494 e. The van der Waals surface area contributed by atoms with Crippen molar-refractivity contribution in [3.8, 4) is 11.5 Å². The molecule has 0 aliphatic carbocycles. The number of fused-ring (bicyclic) bond motifs is 1. The van der Waals surface area contributed by atoms with Crippen LogP contribution < -0.4 is 14.9 Å². The van der Waals surface area contributed by atoms with E-state index in [0.717, 1.165) is 39.6 Å². The molecule has 170 valence electrons. The molecule has 0 bridgehead atoms. The summed E-state index contributed by atoms with van der Waals surface area (Å²) in [5.41, 5.74) is 9.10. The van der Waals surface area contributed by atoms with Crippen LogP contribution in [-0.2, 0) is 5.41 Å². The summed E-state index contributed by atoms with van der Waals surface area (Å²) in [4.78, 5) is 4.94. The summed E-state index contributed by atoms with van der Waals surface area (Å²) in [6.07, 6.45) is 0. The maximum atomic E-state index is 5.76. The standard InChI is InChI=1S/C28H31N3O2/c1-6-32-22-14-10-19(11-15-22)26-24-18-23(33-7-2)16-17-25(24)29-27(31-30-26)20-8-12-21(13-9-20)28(3,4)5/h8-18H,6-7H2,1-5H3,(H,29,31). The molecule has 3 aromatic carbocycles. The van der Waals surface area contributed by atoms with Crippen molar-refractivity contribution in [1.82, 2.24) is 5.43 Å². The smallest absolute Gasteiger partial charge is 0.154 e. The fraction of sp³-hybridized carbons (Fsp3) is 0.286. The van der Waals surface area contributed by atoms with Gasteiger partial charge in [0.2, 0.25) is 0 Å². The predicted molar refractivity (Wildman–Crippen MR) is 135 cm³/mol. The second-order valence-electron chi connectivity index (χ2n) is 8.93. The zero-order valence-corrected chi connectivity index (χ0v) is 20.0. The van der Waals surface area contributed by atoms with Gasteiger partial charge in [0, 0.05) is 16.7 Å². The number of benzene rings is 3. The maximum Gasteiger partial charge on any atom is 0.154 e. The van der Waals surface area contributed by atoms with Gasteiger partial charge in [-0.1, -0.05) is 45.0 Å². The van der Waals surface area contributed by atoms with E-state index >= 15 is 0 Å².